The molecule has 1 amide bonds. The van der Waals surface area contributed by atoms with Crippen LogP contribution in [0.1, 0.15) is 12.1 Å². The van der Waals surface area contributed by atoms with Crippen molar-refractivity contribution in [2.45, 2.75) is 19.0 Å². The predicted molar refractivity (Wildman–Crippen MR) is 128 cm³/mol. The number of carbonyl (C=O) groups excluding carboxylic acids is 1. The number of carbonyl (C=O) groups is 1. The summed E-state index contributed by atoms with van der Waals surface area (Å²) in [4.78, 5) is 22.9. The summed E-state index contributed by atoms with van der Waals surface area (Å²) < 4.78 is 5.56. The number of hydrogen-bond donors (Lipinski definition) is 2. The number of aliphatic imine (C=N–C) groups is 1. The second-order valence-electron chi connectivity index (χ2n) is 6.82. The largest absolute Gasteiger partial charge is 0.444 e. The first-order chi connectivity index (χ1) is 14.2. The quantitative estimate of drug-likeness (QED) is 0.308. The van der Waals surface area contributed by atoms with Crippen molar-refractivity contribution in [1.82, 2.24) is 15.6 Å². The Labute approximate surface area is 192 Å². The van der Waals surface area contributed by atoms with Gasteiger partial charge in [0.05, 0.1) is 18.3 Å². The van der Waals surface area contributed by atoms with Gasteiger partial charge in [-0.15, -0.1) is 24.0 Å². The van der Waals surface area contributed by atoms with Gasteiger partial charge in [-0.25, -0.2) is 4.98 Å². The van der Waals surface area contributed by atoms with Gasteiger partial charge in [0.25, 0.3) is 0 Å². The molecular formula is C22H24IN5O2. The lowest BCUT2D eigenvalue weighted by molar-refractivity contribution is -0.117. The molecule has 0 radical (unpaired) electrons. The van der Waals surface area contributed by atoms with E-state index in [1.54, 1.807) is 18.2 Å². The van der Waals surface area contributed by atoms with Crippen LogP contribution in [0.4, 0.5) is 5.69 Å². The van der Waals surface area contributed by atoms with E-state index in [1.165, 1.54) is 0 Å². The lowest BCUT2D eigenvalue weighted by Crippen LogP contribution is -2.44. The number of para-hydroxylation sites is 1. The minimum Gasteiger partial charge on any atom is -0.444 e. The minimum absolute atomic E-state index is 0. The summed E-state index contributed by atoms with van der Waals surface area (Å²) in [6.45, 7) is 1.07. The average molecular weight is 517 g/mol. The van der Waals surface area contributed by atoms with Gasteiger partial charge in [0.2, 0.25) is 11.8 Å². The van der Waals surface area contributed by atoms with Crippen molar-refractivity contribution in [1.29, 1.82) is 0 Å². The molecule has 4 rings (SSSR count). The number of nitrogens with one attached hydrogen (secondary N) is 2. The molecule has 8 heteroatoms. The van der Waals surface area contributed by atoms with E-state index in [9.17, 15) is 4.79 Å². The van der Waals surface area contributed by atoms with Crippen LogP contribution < -0.4 is 15.5 Å². The standard InChI is InChI=1S/C22H23N5O2.HI/c1-23-22(24-13-18-15-29-21(25-18)16-8-4-2-5-9-16)26-17-12-20(28)27(14-17)19-10-6-3-7-11-19;/h2-11,15,17H,12-14H2,1H3,(H2,23,24,26);1H. The zero-order chi connectivity index (χ0) is 20.1. The molecule has 2 aromatic carbocycles. The Bertz CT molecular complexity index is 991. The van der Waals surface area contributed by atoms with E-state index >= 15 is 0 Å². The van der Waals surface area contributed by atoms with Crippen molar-refractivity contribution in [2.75, 3.05) is 18.5 Å². The zero-order valence-corrected chi connectivity index (χ0v) is 18.9. The van der Waals surface area contributed by atoms with Crippen molar-refractivity contribution < 1.29 is 9.21 Å². The van der Waals surface area contributed by atoms with Crippen LogP contribution in [0, 0.1) is 0 Å². The van der Waals surface area contributed by atoms with E-state index in [4.69, 9.17) is 4.42 Å². The van der Waals surface area contributed by atoms with Crippen molar-refractivity contribution in [3.63, 3.8) is 0 Å². The molecule has 1 unspecified atom stereocenters. The highest BCUT2D eigenvalue weighted by molar-refractivity contribution is 14.0. The molecule has 30 heavy (non-hydrogen) atoms. The maximum Gasteiger partial charge on any atom is 0.229 e. The molecule has 1 aliphatic rings. The summed E-state index contributed by atoms with van der Waals surface area (Å²) >= 11 is 0. The molecular weight excluding hydrogens is 493 g/mol. The molecule has 0 bridgehead atoms. The number of benzene rings is 2. The summed E-state index contributed by atoms with van der Waals surface area (Å²) in [6, 6.07) is 19.5. The van der Waals surface area contributed by atoms with E-state index < -0.39 is 0 Å². The van der Waals surface area contributed by atoms with Crippen LogP contribution >= 0.6 is 24.0 Å². The smallest absolute Gasteiger partial charge is 0.229 e. The van der Waals surface area contributed by atoms with Crippen LogP contribution in [0.15, 0.2) is 76.3 Å². The van der Waals surface area contributed by atoms with Crippen LogP contribution in [0.5, 0.6) is 0 Å². The molecule has 7 nitrogen and oxygen atoms in total. The van der Waals surface area contributed by atoms with Crippen molar-refractivity contribution in [3.8, 4) is 11.5 Å². The highest BCUT2D eigenvalue weighted by atomic mass is 127. The van der Waals surface area contributed by atoms with E-state index in [1.807, 2.05) is 60.7 Å². The topological polar surface area (TPSA) is 82.8 Å². The maximum absolute atomic E-state index is 12.4. The third kappa shape index (κ3) is 5.18. The van der Waals surface area contributed by atoms with Gasteiger partial charge in [0, 0.05) is 31.3 Å². The lowest BCUT2D eigenvalue weighted by Gasteiger charge is -2.18. The number of guanidine groups is 1. The number of amides is 1. The Morgan fingerprint density at radius 3 is 2.57 bits per heavy atom. The number of nitrogens with zero attached hydrogens (tertiary/aromatic N) is 3. The van der Waals surface area contributed by atoms with Crippen LogP contribution in [0.25, 0.3) is 11.5 Å². The normalized spacial score (nSPS) is 16.3. The number of oxazole rings is 1. The molecule has 2 N–H and O–H groups in total. The van der Waals surface area contributed by atoms with Crippen LogP contribution in [0.3, 0.4) is 0 Å². The Kier molecular flexibility index (Phi) is 7.45. The molecule has 1 atom stereocenters. The molecule has 0 saturated carbocycles. The second kappa shape index (κ2) is 10.2. The third-order valence-corrected chi connectivity index (χ3v) is 4.77. The number of aromatic nitrogens is 1. The first-order valence-corrected chi connectivity index (χ1v) is 9.55. The van der Waals surface area contributed by atoms with Crippen molar-refractivity contribution in [2.24, 2.45) is 4.99 Å². The lowest BCUT2D eigenvalue weighted by atomic mass is 10.2. The molecule has 1 aromatic heterocycles. The van der Waals surface area contributed by atoms with E-state index in [2.05, 4.69) is 20.6 Å². The number of anilines is 1. The van der Waals surface area contributed by atoms with Gasteiger partial charge in [0.1, 0.15) is 6.26 Å². The third-order valence-electron chi connectivity index (χ3n) is 4.77. The van der Waals surface area contributed by atoms with Crippen molar-refractivity contribution in [3.05, 3.63) is 72.6 Å². The summed E-state index contributed by atoms with van der Waals surface area (Å²) in [7, 11) is 1.71. The van der Waals surface area contributed by atoms with E-state index in [-0.39, 0.29) is 35.9 Å². The van der Waals surface area contributed by atoms with Gasteiger partial charge in [-0.05, 0) is 24.3 Å². The Hall–Kier alpha value is -2.88. The van der Waals surface area contributed by atoms with Gasteiger partial charge in [-0.1, -0.05) is 36.4 Å². The zero-order valence-electron chi connectivity index (χ0n) is 16.6. The SMILES string of the molecule is CN=C(NCc1coc(-c2ccccc2)n1)NC1CC(=O)N(c2ccccc2)C1.I. The van der Waals surface area contributed by atoms with Gasteiger partial charge < -0.3 is 20.0 Å². The van der Waals surface area contributed by atoms with Crippen LogP contribution in [0.2, 0.25) is 0 Å². The van der Waals surface area contributed by atoms with E-state index in [0.717, 1.165) is 16.9 Å². The van der Waals surface area contributed by atoms with Crippen LogP contribution in [-0.2, 0) is 11.3 Å². The average Bonchev–Trinajstić information content (AvgIpc) is 3.39. The van der Waals surface area contributed by atoms with E-state index in [0.29, 0.717) is 31.4 Å². The highest BCUT2D eigenvalue weighted by Gasteiger charge is 2.31. The monoisotopic (exact) mass is 517 g/mol. The Morgan fingerprint density at radius 1 is 1.17 bits per heavy atom. The number of hydrogen-bond acceptors (Lipinski definition) is 4. The molecule has 2 heterocycles. The summed E-state index contributed by atoms with van der Waals surface area (Å²) in [5.41, 5.74) is 2.63. The first kappa shape index (κ1) is 21.8. The number of rotatable bonds is 5. The maximum atomic E-state index is 12.4. The summed E-state index contributed by atoms with van der Waals surface area (Å²) in [5.74, 6) is 1.32. The van der Waals surface area contributed by atoms with Gasteiger partial charge in [0.15, 0.2) is 5.96 Å². The Balaban J connectivity index is 0.00000256. The molecule has 3 aromatic rings. The minimum atomic E-state index is -0.00825. The van der Waals surface area contributed by atoms with Gasteiger partial charge in [-0.3, -0.25) is 9.79 Å². The molecule has 0 spiro atoms. The van der Waals surface area contributed by atoms with Gasteiger partial charge >= 0.3 is 0 Å². The molecule has 1 saturated heterocycles. The summed E-state index contributed by atoms with van der Waals surface area (Å²) in [6.07, 6.45) is 2.07. The molecule has 156 valence electrons. The number of halogens is 1. The first-order valence-electron chi connectivity index (χ1n) is 9.55. The van der Waals surface area contributed by atoms with Crippen molar-refractivity contribution >= 4 is 41.5 Å². The second-order valence-corrected chi connectivity index (χ2v) is 6.82. The van der Waals surface area contributed by atoms with Crippen LogP contribution in [-0.4, -0.2) is 36.5 Å². The fourth-order valence-electron chi connectivity index (χ4n) is 3.33. The highest BCUT2D eigenvalue weighted by Crippen LogP contribution is 2.21. The fraction of sp³-hybridized carbons (Fsp3) is 0.227. The Morgan fingerprint density at radius 2 is 1.87 bits per heavy atom. The predicted octanol–water partition coefficient (Wildman–Crippen LogP) is 3.43. The molecule has 1 aliphatic heterocycles. The van der Waals surface area contributed by atoms with Gasteiger partial charge in [-0.2, -0.15) is 0 Å². The molecule has 1 fully saturated rings. The molecule has 0 aliphatic carbocycles. The fourth-order valence-corrected chi connectivity index (χ4v) is 3.33. The summed E-state index contributed by atoms with van der Waals surface area (Å²) in [5, 5.41) is 6.56.